The highest BCUT2D eigenvalue weighted by Gasteiger charge is 2.44. The highest BCUT2D eigenvalue weighted by Crippen LogP contribution is 2.43. The van der Waals surface area contributed by atoms with Crippen molar-refractivity contribution in [2.45, 2.75) is 89.9 Å². The average Bonchev–Trinajstić information content (AvgIpc) is 2.85. The van der Waals surface area contributed by atoms with Gasteiger partial charge in [-0.1, -0.05) is 74.3 Å². The third-order valence-corrected chi connectivity index (χ3v) is 9.54. The SMILES string of the molecule is [O-][N+]12CC/C=C/C=C\CCCC[C@H]3C[C@@H]4C[N+]([O-])(CC/C=C\C=C/CCCCCC[C@H](C1)[C@@H]4CC2)C3. The number of hydrogen-bond donors (Lipinski definition) is 0. The molecule has 5 aliphatic heterocycles. The fourth-order valence-electron chi connectivity index (χ4n) is 7.69. The van der Waals surface area contributed by atoms with Crippen molar-refractivity contribution in [3.05, 3.63) is 59.0 Å². The van der Waals surface area contributed by atoms with Crippen LogP contribution in [0.25, 0.3) is 0 Å². The van der Waals surface area contributed by atoms with Gasteiger partial charge in [-0.05, 0) is 50.9 Å². The summed E-state index contributed by atoms with van der Waals surface area (Å²) < 4.78 is -0.0217. The quantitative estimate of drug-likeness (QED) is 0.253. The van der Waals surface area contributed by atoms with Gasteiger partial charge in [-0.25, -0.2) is 0 Å². The molecular formula is C32H52N2O2. The van der Waals surface area contributed by atoms with Gasteiger partial charge in [0.2, 0.25) is 0 Å². The predicted molar refractivity (Wildman–Crippen MR) is 152 cm³/mol. The summed E-state index contributed by atoms with van der Waals surface area (Å²) in [5.74, 6) is 2.10. The molecule has 5 aliphatic rings. The van der Waals surface area contributed by atoms with Crippen LogP contribution in [-0.2, 0) is 0 Å². The smallest absolute Gasteiger partial charge is 0.0819 e. The van der Waals surface area contributed by atoms with E-state index in [1.807, 2.05) is 0 Å². The first-order valence-corrected chi connectivity index (χ1v) is 15.3. The summed E-state index contributed by atoms with van der Waals surface area (Å²) in [4.78, 5) is 0. The van der Waals surface area contributed by atoms with E-state index in [1.165, 1.54) is 57.8 Å². The van der Waals surface area contributed by atoms with Crippen LogP contribution in [0, 0.1) is 34.1 Å². The van der Waals surface area contributed by atoms with E-state index in [4.69, 9.17) is 0 Å². The van der Waals surface area contributed by atoms with Crippen molar-refractivity contribution in [3.63, 3.8) is 0 Å². The lowest BCUT2D eigenvalue weighted by Gasteiger charge is -2.56. The summed E-state index contributed by atoms with van der Waals surface area (Å²) in [5, 5.41) is 28.0. The molecule has 0 aliphatic carbocycles. The molecule has 0 radical (unpaired) electrons. The molecule has 5 heterocycles. The van der Waals surface area contributed by atoms with Gasteiger partial charge in [-0.15, -0.1) is 0 Å². The average molecular weight is 497 g/mol. The minimum Gasteiger partial charge on any atom is -0.633 e. The lowest BCUT2D eigenvalue weighted by atomic mass is 9.69. The van der Waals surface area contributed by atoms with Gasteiger partial charge in [0.25, 0.3) is 0 Å². The molecule has 0 aromatic heterocycles. The van der Waals surface area contributed by atoms with Crippen LogP contribution >= 0.6 is 0 Å². The zero-order chi connectivity index (χ0) is 25.1. The van der Waals surface area contributed by atoms with Gasteiger partial charge in [0.15, 0.2) is 0 Å². The molecule has 202 valence electrons. The first-order chi connectivity index (χ1) is 17.6. The van der Waals surface area contributed by atoms with E-state index < -0.39 is 0 Å². The molecule has 36 heavy (non-hydrogen) atoms. The van der Waals surface area contributed by atoms with E-state index in [0.29, 0.717) is 36.8 Å². The molecule has 0 N–H and O–H groups in total. The summed E-state index contributed by atoms with van der Waals surface area (Å²) in [5.41, 5.74) is 0. The number of piperidine rings is 2. The number of fused-ring (bicyclic) bond motifs is 9. The van der Waals surface area contributed by atoms with Gasteiger partial charge in [-0.2, -0.15) is 0 Å². The van der Waals surface area contributed by atoms with Gasteiger partial charge in [0.05, 0.1) is 39.3 Å². The fourth-order valence-corrected chi connectivity index (χ4v) is 7.69. The monoisotopic (exact) mass is 496 g/mol. The Labute approximate surface area is 221 Å². The normalized spacial score (nSPS) is 43.3. The Morgan fingerprint density at radius 1 is 0.500 bits per heavy atom. The molecule has 0 spiro atoms. The maximum atomic E-state index is 14.2. The van der Waals surface area contributed by atoms with E-state index in [-0.39, 0.29) is 9.29 Å². The van der Waals surface area contributed by atoms with Crippen LogP contribution in [0.3, 0.4) is 0 Å². The van der Waals surface area contributed by atoms with E-state index in [9.17, 15) is 10.4 Å². The molecule has 6 bridgehead atoms. The number of hydroxylamine groups is 6. The van der Waals surface area contributed by atoms with E-state index in [1.54, 1.807) is 0 Å². The zero-order valence-corrected chi connectivity index (χ0v) is 22.8. The zero-order valence-electron chi connectivity index (χ0n) is 22.8. The molecule has 0 amide bonds. The molecule has 4 heteroatoms. The summed E-state index contributed by atoms with van der Waals surface area (Å²) >= 11 is 0. The van der Waals surface area contributed by atoms with Gasteiger partial charge in [0, 0.05) is 37.0 Å². The van der Waals surface area contributed by atoms with Crippen molar-refractivity contribution in [1.82, 2.24) is 0 Å². The second-order valence-electron chi connectivity index (χ2n) is 12.5. The molecule has 0 aromatic rings. The molecule has 0 saturated carbocycles. The molecule has 5 rings (SSSR count). The topological polar surface area (TPSA) is 46.1 Å². The summed E-state index contributed by atoms with van der Waals surface area (Å²) in [6.07, 6.45) is 33.7. The van der Waals surface area contributed by atoms with E-state index >= 15 is 0 Å². The molecular weight excluding hydrogens is 444 g/mol. The van der Waals surface area contributed by atoms with Gasteiger partial charge in [-0.3, -0.25) is 0 Å². The fraction of sp³-hybridized carbons (Fsp3) is 0.750. The predicted octanol–water partition coefficient (Wildman–Crippen LogP) is 7.82. The van der Waals surface area contributed by atoms with Crippen LogP contribution in [0.2, 0.25) is 0 Å². The Balaban J connectivity index is 1.57. The minimum absolute atomic E-state index is 0.00615. The van der Waals surface area contributed by atoms with Crippen LogP contribution < -0.4 is 0 Å². The molecule has 0 aromatic carbocycles. The standard InChI is InChI=1S/C32H52N2O2/c35-33-22-17-13-9-6-4-7-11-15-19-29-25-31-28-34(36,26-29)23-18-14-10-5-2-1-3-8-12-16-20-30(27-33)32(31)21-24-33/h2,4-6,9-10,13-14,29-32H,1,3,7-8,11-12,15-28H2/b5-2-,6-4-,13-9+,14-10-/t29-,30+,31+,32-,33?,34?/m0/s1. The lowest BCUT2D eigenvalue weighted by Crippen LogP contribution is -2.58. The largest absolute Gasteiger partial charge is 0.633 e. The van der Waals surface area contributed by atoms with Crippen molar-refractivity contribution in [2.75, 3.05) is 39.3 Å². The molecule has 4 nitrogen and oxygen atoms in total. The third-order valence-electron chi connectivity index (χ3n) is 9.54. The molecule has 2 unspecified atom stereocenters. The van der Waals surface area contributed by atoms with Crippen molar-refractivity contribution in [2.24, 2.45) is 23.7 Å². The van der Waals surface area contributed by atoms with E-state index in [0.717, 1.165) is 58.3 Å². The van der Waals surface area contributed by atoms with Gasteiger partial charge < -0.3 is 19.7 Å². The second kappa shape index (κ2) is 14.1. The van der Waals surface area contributed by atoms with Gasteiger partial charge >= 0.3 is 0 Å². The Morgan fingerprint density at radius 3 is 1.83 bits per heavy atom. The van der Waals surface area contributed by atoms with Crippen LogP contribution in [0.5, 0.6) is 0 Å². The Hall–Kier alpha value is -1.20. The maximum absolute atomic E-state index is 14.2. The maximum Gasteiger partial charge on any atom is 0.0819 e. The third kappa shape index (κ3) is 8.68. The van der Waals surface area contributed by atoms with Crippen molar-refractivity contribution >= 4 is 0 Å². The van der Waals surface area contributed by atoms with Crippen LogP contribution in [0.1, 0.15) is 89.9 Å². The second-order valence-corrected chi connectivity index (χ2v) is 12.5. The van der Waals surface area contributed by atoms with Crippen LogP contribution in [0.4, 0.5) is 0 Å². The summed E-state index contributed by atoms with van der Waals surface area (Å²) in [7, 11) is 0. The highest BCUT2D eigenvalue weighted by atomic mass is 16.5. The summed E-state index contributed by atoms with van der Waals surface area (Å²) in [6.45, 7) is 4.54. The van der Waals surface area contributed by atoms with Crippen molar-refractivity contribution in [1.29, 1.82) is 0 Å². The van der Waals surface area contributed by atoms with Gasteiger partial charge in [0.1, 0.15) is 0 Å². The molecule has 6 atom stereocenters. The minimum atomic E-state index is -0.0155. The Morgan fingerprint density at radius 2 is 1.08 bits per heavy atom. The first-order valence-electron chi connectivity index (χ1n) is 15.3. The number of rotatable bonds is 0. The Bertz CT molecular complexity index is 774. The highest BCUT2D eigenvalue weighted by molar-refractivity contribution is 5.03. The number of nitrogens with zero attached hydrogens (tertiary/aromatic N) is 2. The Kier molecular flexibility index (Phi) is 10.9. The first kappa shape index (κ1) is 27.8. The van der Waals surface area contributed by atoms with Crippen LogP contribution in [-0.4, -0.2) is 48.6 Å². The summed E-state index contributed by atoms with van der Waals surface area (Å²) in [6, 6.07) is 0. The number of allylic oxidation sites excluding steroid dienone is 6. The molecule has 2 fully saturated rings. The van der Waals surface area contributed by atoms with Crippen molar-refractivity contribution in [3.8, 4) is 0 Å². The van der Waals surface area contributed by atoms with Crippen molar-refractivity contribution < 1.29 is 9.29 Å². The van der Waals surface area contributed by atoms with E-state index in [2.05, 4.69) is 48.6 Å². The lowest BCUT2D eigenvalue weighted by molar-refractivity contribution is -0.899. The number of hydrogen-bond acceptors (Lipinski definition) is 2. The number of quaternary nitrogens is 2. The van der Waals surface area contributed by atoms with Crippen LogP contribution in [0.15, 0.2) is 48.6 Å². The molecule has 2 saturated heterocycles.